The summed E-state index contributed by atoms with van der Waals surface area (Å²) < 4.78 is 7.50. The lowest BCUT2D eigenvalue weighted by Crippen LogP contribution is -2.27. The Balaban J connectivity index is 1.71. The van der Waals surface area contributed by atoms with Crippen molar-refractivity contribution in [3.8, 4) is 5.75 Å². The number of hydrogen-bond donors (Lipinski definition) is 1. The van der Waals surface area contributed by atoms with Crippen LogP contribution >= 0.6 is 0 Å². The molecule has 0 bridgehead atoms. The lowest BCUT2D eigenvalue weighted by atomic mass is 10.1. The standard InChI is InChI=1S/C21H23N3O3/c1-4-24-13-18(17-7-5-6-8-19(17)24)21(26)22-15-9-11-16(12-10-15)27-14-20(25)23(2)3/h5-13H,4,14H2,1-3H3,(H,22,26). The van der Waals surface area contributed by atoms with Crippen molar-refractivity contribution in [1.82, 2.24) is 9.47 Å². The van der Waals surface area contributed by atoms with Gasteiger partial charge in [-0.3, -0.25) is 9.59 Å². The number of carbonyl (C=O) groups is 2. The Kier molecular flexibility index (Phi) is 5.45. The molecule has 2 amide bonds. The zero-order valence-electron chi connectivity index (χ0n) is 15.7. The third-order valence-corrected chi connectivity index (χ3v) is 4.35. The molecule has 1 heterocycles. The summed E-state index contributed by atoms with van der Waals surface area (Å²) in [6.07, 6.45) is 1.88. The Bertz CT molecular complexity index is 958. The quantitative estimate of drug-likeness (QED) is 0.728. The van der Waals surface area contributed by atoms with Gasteiger partial charge < -0.3 is 19.5 Å². The minimum atomic E-state index is -0.158. The van der Waals surface area contributed by atoms with Crippen LogP contribution in [0.5, 0.6) is 5.75 Å². The van der Waals surface area contributed by atoms with Crippen LogP contribution < -0.4 is 10.1 Å². The Hall–Kier alpha value is -3.28. The highest BCUT2D eigenvalue weighted by Crippen LogP contribution is 2.23. The van der Waals surface area contributed by atoms with Crippen LogP contribution in [0.2, 0.25) is 0 Å². The van der Waals surface area contributed by atoms with Crippen LogP contribution in [0.1, 0.15) is 17.3 Å². The van der Waals surface area contributed by atoms with E-state index in [2.05, 4.69) is 9.88 Å². The van der Waals surface area contributed by atoms with E-state index >= 15 is 0 Å². The second kappa shape index (κ2) is 7.95. The summed E-state index contributed by atoms with van der Waals surface area (Å²) in [5, 5.41) is 3.84. The van der Waals surface area contributed by atoms with Gasteiger partial charge in [0.1, 0.15) is 5.75 Å². The van der Waals surface area contributed by atoms with Crippen molar-refractivity contribution in [2.24, 2.45) is 0 Å². The second-order valence-corrected chi connectivity index (χ2v) is 6.40. The molecule has 6 nitrogen and oxygen atoms in total. The number of benzene rings is 2. The summed E-state index contributed by atoms with van der Waals surface area (Å²) in [6, 6.07) is 14.8. The molecule has 2 aromatic carbocycles. The van der Waals surface area contributed by atoms with Crippen LogP contribution in [0.3, 0.4) is 0 Å². The number of nitrogens with one attached hydrogen (secondary N) is 1. The summed E-state index contributed by atoms with van der Waals surface area (Å²) in [7, 11) is 3.36. The average molecular weight is 365 g/mol. The largest absolute Gasteiger partial charge is 0.484 e. The highest BCUT2D eigenvalue weighted by molar-refractivity contribution is 6.13. The molecule has 1 N–H and O–H groups in total. The number of hydrogen-bond acceptors (Lipinski definition) is 3. The molecule has 0 aliphatic heterocycles. The van der Waals surface area contributed by atoms with Gasteiger partial charge in [-0.25, -0.2) is 0 Å². The lowest BCUT2D eigenvalue weighted by Gasteiger charge is -2.11. The van der Waals surface area contributed by atoms with Gasteiger partial charge in [0.05, 0.1) is 5.56 Å². The van der Waals surface area contributed by atoms with Gasteiger partial charge >= 0.3 is 0 Å². The molecular formula is C21H23N3O3. The van der Waals surface area contributed by atoms with E-state index in [-0.39, 0.29) is 18.4 Å². The van der Waals surface area contributed by atoms with Crippen LogP contribution in [0.4, 0.5) is 5.69 Å². The molecule has 0 aliphatic rings. The summed E-state index contributed by atoms with van der Waals surface area (Å²) >= 11 is 0. The first-order valence-corrected chi connectivity index (χ1v) is 8.82. The van der Waals surface area contributed by atoms with Crippen molar-refractivity contribution in [2.45, 2.75) is 13.5 Å². The number of fused-ring (bicyclic) bond motifs is 1. The molecular weight excluding hydrogens is 342 g/mol. The van der Waals surface area contributed by atoms with Gasteiger partial charge in [-0.05, 0) is 37.3 Å². The Morgan fingerprint density at radius 1 is 1.07 bits per heavy atom. The van der Waals surface area contributed by atoms with E-state index in [0.29, 0.717) is 17.0 Å². The molecule has 1 aromatic heterocycles. The molecule has 0 atom stereocenters. The number of rotatable bonds is 6. The van der Waals surface area contributed by atoms with Crippen molar-refractivity contribution in [1.29, 1.82) is 0 Å². The number of aromatic nitrogens is 1. The number of likely N-dealkylation sites (N-methyl/N-ethyl adjacent to an activating group) is 1. The van der Waals surface area contributed by atoms with Crippen molar-refractivity contribution in [3.63, 3.8) is 0 Å². The van der Waals surface area contributed by atoms with Crippen molar-refractivity contribution < 1.29 is 14.3 Å². The fourth-order valence-electron chi connectivity index (χ4n) is 2.80. The Morgan fingerprint density at radius 2 is 1.78 bits per heavy atom. The van der Waals surface area contributed by atoms with Gasteiger partial charge in [0.15, 0.2) is 6.61 Å². The highest BCUT2D eigenvalue weighted by atomic mass is 16.5. The van der Waals surface area contributed by atoms with Crippen LogP contribution in [0, 0.1) is 0 Å². The number of amides is 2. The van der Waals surface area contributed by atoms with Crippen molar-refractivity contribution >= 4 is 28.4 Å². The van der Waals surface area contributed by atoms with Crippen molar-refractivity contribution in [2.75, 3.05) is 26.0 Å². The predicted molar refractivity (Wildman–Crippen MR) is 106 cm³/mol. The van der Waals surface area contributed by atoms with E-state index in [4.69, 9.17) is 4.74 Å². The normalized spacial score (nSPS) is 10.6. The first-order chi connectivity index (χ1) is 13.0. The third-order valence-electron chi connectivity index (χ3n) is 4.35. The lowest BCUT2D eigenvalue weighted by molar-refractivity contribution is -0.130. The van der Waals surface area contributed by atoms with Gasteiger partial charge in [0.25, 0.3) is 11.8 Å². The number of ether oxygens (including phenoxy) is 1. The van der Waals surface area contributed by atoms with E-state index in [9.17, 15) is 9.59 Å². The van der Waals surface area contributed by atoms with Gasteiger partial charge in [0.2, 0.25) is 0 Å². The monoisotopic (exact) mass is 365 g/mol. The molecule has 0 aliphatic carbocycles. The maximum atomic E-state index is 12.7. The summed E-state index contributed by atoms with van der Waals surface area (Å²) in [5.41, 5.74) is 2.35. The van der Waals surface area contributed by atoms with Gasteiger partial charge in [-0.2, -0.15) is 0 Å². The molecule has 0 spiro atoms. The molecule has 3 aromatic rings. The fraction of sp³-hybridized carbons (Fsp3) is 0.238. The fourth-order valence-corrected chi connectivity index (χ4v) is 2.80. The summed E-state index contributed by atoms with van der Waals surface area (Å²) in [5.74, 6) is 0.306. The SMILES string of the molecule is CCn1cc(C(=O)Nc2ccc(OCC(=O)N(C)C)cc2)c2ccccc21. The van der Waals surface area contributed by atoms with E-state index in [1.807, 2.05) is 37.4 Å². The first kappa shape index (κ1) is 18.5. The van der Waals surface area contributed by atoms with Crippen LogP contribution in [0.15, 0.2) is 54.7 Å². The van der Waals surface area contributed by atoms with E-state index in [1.165, 1.54) is 4.90 Å². The third kappa shape index (κ3) is 4.11. The number of anilines is 1. The van der Waals surface area contributed by atoms with Crippen LogP contribution in [-0.2, 0) is 11.3 Å². The predicted octanol–water partition coefficient (Wildman–Crippen LogP) is 3.38. The maximum absolute atomic E-state index is 12.7. The molecule has 3 rings (SSSR count). The molecule has 6 heteroatoms. The van der Waals surface area contributed by atoms with E-state index in [0.717, 1.165) is 17.4 Å². The average Bonchev–Trinajstić information content (AvgIpc) is 3.06. The minimum absolute atomic E-state index is 0.0186. The molecule has 0 saturated heterocycles. The van der Waals surface area contributed by atoms with Crippen molar-refractivity contribution in [3.05, 3.63) is 60.3 Å². The number of carbonyl (C=O) groups excluding carboxylic acids is 2. The van der Waals surface area contributed by atoms with E-state index in [1.54, 1.807) is 38.4 Å². The van der Waals surface area contributed by atoms with E-state index < -0.39 is 0 Å². The first-order valence-electron chi connectivity index (χ1n) is 8.82. The summed E-state index contributed by atoms with van der Waals surface area (Å²) in [4.78, 5) is 25.8. The molecule has 0 unspecified atom stereocenters. The van der Waals surface area contributed by atoms with Crippen LogP contribution in [-0.4, -0.2) is 42.0 Å². The minimum Gasteiger partial charge on any atom is -0.484 e. The number of para-hydroxylation sites is 1. The summed E-state index contributed by atoms with van der Waals surface area (Å²) in [6.45, 7) is 2.83. The zero-order chi connectivity index (χ0) is 19.4. The molecule has 27 heavy (non-hydrogen) atoms. The Labute approximate surface area is 158 Å². The zero-order valence-corrected chi connectivity index (χ0v) is 15.7. The number of nitrogens with zero attached hydrogens (tertiary/aromatic N) is 2. The number of aryl methyl sites for hydroxylation is 1. The topological polar surface area (TPSA) is 63.6 Å². The molecule has 0 fully saturated rings. The van der Waals surface area contributed by atoms with Gasteiger partial charge in [0, 0.05) is 43.4 Å². The molecule has 140 valence electrons. The smallest absolute Gasteiger partial charge is 0.259 e. The molecule has 0 saturated carbocycles. The van der Waals surface area contributed by atoms with Gasteiger partial charge in [-0.15, -0.1) is 0 Å². The second-order valence-electron chi connectivity index (χ2n) is 6.40. The van der Waals surface area contributed by atoms with Gasteiger partial charge in [-0.1, -0.05) is 18.2 Å². The molecule has 0 radical (unpaired) electrons. The Morgan fingerprint density at radius 3 is 2.44 bits per heavy atom. The van der Waals surface area contributed by atoms with Crippen LogP contribution in [0.25, 0.3) is 10.9 Å². The maximum Gasteiger partial charge on any atom is 0.259 e. The highest BCUT2D eigenvalue weighted by Gasteiger charge is 2.14.